The van der Waals surface area contributed by atoms with Gasteiger partial charge >= 0.3 is 12.3 Å². The number of pyridine rings is 1. The number of alkyl halides is 3. The van der Waals surface area contributed by atoms with Crippen molar-refractivity contribution < 1.29 is 27.8 Å². The predicted octanol–water partition coefficient (Wildman–Crippen LogP) is 6.81. The largest absolute Gasteiger partial charge is 0.488 e. The standard InChI is InChI=1S/C30H26F3N3O3/c31-30(32,33)25-9-6-22(7-10-25)23-8-11-27(39-20-21-4-2-1-3-5-21)26(18-23)24-12-13-34-28(19-24)35-14-16-36(17-15-35)29(37)38/h1-13,18-19H,14-17,20H2,(H,37,38). The number of halogens is 3. The smallest absolute Gasteiger partial charge is 0.416 e. The molecule has 1 aliphatic rings. The summed E-state index contributed by atoms with van der Waals surface area (Å²) in [4.78, 5) is 19.2. The van der Waals surface area contributed by atoms with Crippen LogP contribution in [0.25, 0.3) is 22.3 Å². The van der Waals surface area contributed by atoms with Crippen LogP contribution in [0.1, 0.15) is 11.1 Å². The molecule has 0 atom stereocenters. The molecule has 0 spiro atoms. The van der Waals surface area contributed by atoms with E-state index in [1.54, 1.807) is 6.20 Å². The van der Waals surface area contributed by atoms with Gasteiger partial charge in [0, 0.05) is 37.9 Å². The minimum absolute atomic E-state index is 0.350. The molecule has 4 aromatic rings. The first kappa shape index (κ1) is 26.1. The van der Waals surface area contributed by atoms with E-state index in [0.29, 0.717) is 49.9 Å². The molecular formula is C30H26F3N3O3. The molecule has 1 N–H and O–H groups in total. The first-order chi connectivity index (χ1) is 18.8. The summed E-state index contributed by atoms with van der Waals surface area (Å²) in [5.74, 6) is 1.34. The number of anilines is 1. The van der Waals surface area contributed by atoms with Crippen molar-refractivity contribution in [2.24, 2.45) is 0 Å². The molecule has 3 aromatic carbocycles. The number of rotatable bonds is 6. The van der Waals surface area contributed by atoms with Crippen LogP contribution in [0.5, 0.6) is 5.75 Å². The molecule has 5 rings (SSSR count). The van der Waals surface area contributed by atoms with Crippen molar-refractivity contribution >= 4 is 11.9 Å². The SMILES string of the molecule is O=C(O)N1CCN(c2cc(-c3cc(-c4ccc(C(F)(F)F)cc4)ccc3OCc3ccccc3)ccn2)CC1. The fourth-order valence-electron chi connectivity index (χ4n) is 4.53. The van der Waals surface area contributed by atoms with Crippen molar-refractivity contribution in [3.8, 4) is 28.0 Å². The maximum Gasteiger partial charge on any atom is 0.416 e. The zero-order valence-corrected chi connectivity index (χ0v) is 20.9. The van der Waals surface area contributed by atoms with Gasteiger partial charge in [-0.1, -0.05) is 48.5 Å². The average Bonchev–Trinajstić information content (AvgIpc) is 2.96. The molecule has 0 radical (unpaired) electrons. The lowest BCUT2D eigenvalue weighted by atomic mass is 9.97. The third kappa shape index (κ3) is 6.14. The highest BCUT2D eigenvalue weighted by Crippen LogP contribution is 2.37. The molecule has 6 nitrogen and oxygen atoms in total. The quantitative estimate of drug-likeness (QED) is 0.295. The van der Waals surface area contributed by atoms with Crippen LogP contribution in [-0.4, -0.2) is 47.3 Å². The van der Waals surface area contributed by atoms with E-state index in [2.05, 4.69) is 4.98 Å². The van der Waals surface area contributed by atoms with E-state index in [-0.39, 0.29) is 0 Å². The van der Waals surface area contributed by atoms with Crippen LogP contribution in [0, 0.1) is 0 Å². The second-order valence-corrected chi connectivity index (χ2v) is 9.22. The van der Waals surface area contributed by atoms with Crippen molar-refractivity contribution in [3.05, 3.63) is 102 Å². The van der Waals surface area contributed by atoms with Gasteiger partial charge in [-0.15, -0.1) is 0 Å². The molecule has 1 fully saturated rings. The summed E-state index contributed by atoms with van der Waals surface area (Å²) in [6, 6.07) is 24.2. The maximum atomic E-state index is 13.1. The van der Waals surface area contributed by atoms with Gasteiger partial charge in [0.05, 0.1) is 5.56 Å². The molecule has 0 bridgehead atoms. The Labute approximate surface area is 223 Å². The van der Waals surface area contributed by atoms with Gasteiger partial charge in [-0.05, 0) is 58.7 Å². The Morgan fingerprint density at radius 3 is 2.21 bits per heavy atom. The van der Waals surface area contributed by atoms with Gasteiger partial charge in [-0.25, -0.2) is 9.78 Å². The minimum Gasteiger partial charge on any atom is -0.488 e. The van der Waals surface area contributed by atoms with Crippen molar-refractivity contribution in [3.63, 3.8) is 0 Å². The van der Waals surface area contributed by atoms with E-state index in [1.807, 2.05) is 65.6 Å². The molecule has 1 aromatic heterocycles. The Hall–Kier alpha value is -4.53. The highest BCUT2D eigenvalue weighted by molar-refractivity contribution is 5.79. The fourth-order valence-corrected chi connectivity index (χ4v) is 4.53. The van der Waals surface area contributed by atoms with Crippen LogP contribution in [0.15, 0.2) is 91.1 Å². The van der Waals surface area contributed by atoms with Crippen molar-refractivity contribution in [1.82, 2.24) is 9.88 Å². The molecule has 2 heterocycles. The van der Waals surface area contributed by atoms with E-state index in [4.69, 9.17) is 4.74 Å². The number of hydrogen-bond donors (Lipinski definition) is 1. The Kier molecular flexibility index (Phi) is 7.40. The Balaban J connectivity index is 1.48. The van der Waals surface area contributed by atoms with Crippen LogP contribution in [-0.2, 0) is 12.8 Å². The molecular weight excluding hydrogens is 507 g/mol. The van der Waals surface area contributed by atoms with E-state index in [9.17, 15) is 23.1 Å². The first-order valence-corrected chi connectivity index (χ1v) is 12.5. The summed E-state index contributed by atoms with van der Waals surface area (Å²) < 4.78 is 45.4. The van der Waals surface area contributed by atoms with E-state index in [0.717, 1.165) is 34.4 Å². The molecule has 39 heavy (non-hydrogen) atoms. The molecule has 0 aliphatic carbocycles. The fraction of sp³-hybridized carbons (Fsp3) is 0.200. The monoisotopic (exact) mass is 533 g/mol. The highest BCUT2D eigenvalue weighted by Gasteiger charge is 2.30. The first-order valence-electron chi connectivity index (χ1n) is 12.5. The molecule has 9 heteroatoms. The summed E-state index contributed by atoms with van der Waals surface area (Å²) in [5, 5.41) is 9.25. The average molecular weight is 534 g/mol. The Bertz CT molecular complexity index is 1440. The van der Waals surface area contributed by atoms with Gasteiger partial charge in [0.2, 0.25) is 0 Å². The lowest BCUT2D eigenvalue weighted by Crippen LogP contribution is -2.48. The van der Waals surface area contributed by atoms with E-state index >= 15 is 0 Å². The number of aromatic nitrogens is 1. The van der Waals surface area contributed by atoms with Crippen molar-refractivity contribution in [1.29, 1.82) is 0 Å². The van der Waals surface area contributed by atoms with Gasteiger partial charge in [0.15, 0.2) is 0 Å². The third-order valence-corrected chi connectivity index (χ3v) is 6.69. The van der Waals surface area contributed by atoms with Crippen molar-refractivity contribution in [2.75, 3.05) is 31.1 Å². The number of piperazine rings is 1. The molecule has 200 valence electrons. The van der Waals surface area contributed by atoms with Crippen LogP contribution < -0.4 is 9.64 Å². The third-order valence-electron chi connectivity index (χ3n) is 6.69. The molecule has 1 saturated heterocycles. The van der Waals surface area contributed by atoms with Crippen LogP contribution in [0.4, 0.5) is 23.8 Å². The summed E-state index contributed by atoms with van der Waals surface area (Å²) in [5.41, 5.74) is 3.31. The molecule has 0 unspecified atom stereocenters. The van der Waals surface area contributed by atoms with Gasteiger partial charge in [-0.3, -0.25) is 0 Å². The summed E-state index contributed by atoms with van der Waals surface area (Å²) in [6.45, 7) is 2.16. The summed E-state index contributed by atoms with van der Waals surface area (Å²) in [6.07, 6.45) is -3.64. The number of ether oxygens (including phenoxy) is 1. The van der Waals surface area contributed by atoms with Crippen LogP contribution in [0.2, 0.25) is 0 Å². The Morgan fingerprint density at radius 1 is 0.846 bits per heavy atom. The number of carbonyl (C=O) groups is 1. The van der Waals surface area contributed by atoms with E-state index < -0.39 is 17.8 Å². The maximum absolute atomic E-state index is 13.1. The lowest BCUT2D eigenvalue weighted by Gasteiger charge is -2.34. The van der Waals surface area contributed by atoms with Crippen LogP contribution >= 0.6 is 0 Å². The zero-order chi connectivity index (χ0) is 27.4. The predicted molar refractivity (Wildman–Crippen MR) is 143 cm³/mol. The molecule has 1 aliphatic heterocycles. The lowest BCUT2D eigenvalue weighted by molar-refractivity contribution is -0.137. The summed E-state index contributed by atoms with van der Waals surface area (Å²) in [7, 11) is 0. The van der Waals surface area contributed by atoms with Gasteiger partial charge < -0.3 is 19.6 Å². The Morgan fingerprint density at radius 2 is 1.54 bits per heavy atom. The number of hydrogen-bond acceptors (Lipinski definition) is 4. The zero-order valence-electron chi connectivity index (χ0n) is 20.9. The topological polar surface area (TPSA) is 65.9 Å². The number of benzene rings is 3. The normalized spacial score (nSPS) is 13.8. The van der Waals surface area contributed by atoms with Crippen molar-refractivity contribution in [2.45, 2.75) is 12.8 Å². The summed E-state index contributed by atoms with van der Waals surface area (Å²) >= 11 is 0. The van der Waals surface area contributed by atoms with Gasteiger partial charge in [-0.2, -0.15) is 13.2 Å². The van der Waals surface area contributed by atoms with Gasteiger partial charge in [0.25, 0.3) is 0 Å². The second-order valence-electron chi connectivity index (χ2n) is 9.22. The number of nitrogens with zero attached hydrogens (tertiary/aromatic N) is 3. The van der Waals surface area contributed by atoms with Crippen LogP contribution in [0.3, 0.4) is 0 Å². The van der Waals surface area contributed by atoms with E-state index in [1.165, 1.54) is 17.0 Å². The second kappa shape index (κ2) is 11.1. The number of amides is 1. The number of carboxylic acid groups (broad SMARTS) is 1. The minimum atomic E-state index is -4.40. The van der Waals surface area contributed by atoms with Gasteiger partial charge in [0.1, 0.15) is 18.2 Å². The molecule has 1 amide bonds. The highest BCUT2D eigenvalue weighted by atomic mass is 19.4. The molecule has 0 saturated carbocycles.